The highest BCUT2D eigenvalue weighted by Crippen LogP contribution is 2.36. The fraction of sp³-hybridized carbons (Fsp3) is 0.538. The second-order valence-corrected chi connectivity index (χ2v) is 5.15. The fourth-order valence-electron chi connectivity index (χ4n) is 2.45. The molecule has 13 heavy (non-hydrogen) atoms. The lowest BCUT2D eigenvalue weighted by Crippen LogP contribution is -2.22. The fourth-order valence-corrected chi connectivity index (χ4v) is 2.45. The number of hydrogen-bond donors (Lipinski definition) is 0. The Bertz CT molecular complexity index is 340. The van der Waals surface area contributed by atoms with Gasteiger partial charge in [-0.1, -0.05) is 32.9 Å². The maximum atomic E-state index is 2.31. The summed E-state index contributed by atoms with van der Waals surface area (Å²) >= 11 is 0. The van der Waals surface area contributed by atoms with Gasteiger partial charge in [0.15, 0.2) is 0 Å². The molecule has 0 saturated carbocycles. The molecule has 0 N–H and O–H groups in total. The summed E-state index contributed by atoms with van der Waals surface area (Å²) in [5.74, 6) is 0. The van der Waals surface area contributed by atoms with E-state index in [1.54, 1.807) is 16.7 Å². The van der Waals surface area contributed by atoms with Gasteiger partial charge in [-0.05, 0) is 47.4 Å². The van der Waals surface area contributed by atoms with Crippen molar-refractivity contribution >= 4 is 0 Å². The maximum absolute atomic E-state index is 2.31. The minimum absolute atomic E-state index is 0.315. The van der Waals surface area contributed by atoms with Crippen LogP contribution >= 0.6 is 0 Å². The van der Waals surface area contributed by atoms with Crippen molar-refractivity contribution in [2.45, 2.75) is 46.0 Å². The molecule has 0 saturated heterocycles. The average molecular weight is 174 g/mol. The molecule has 0 aliphatic heterocycles. The number of aryl methyl sites for hydroxylation is 2. The Morgan fingerprint density at radius 1 is 1.08 bits per heavy atom. The van der Waals surface area contributed by atoms with Crippen LogP contribution < -0.4 is 0 Å². The number of rotatable bonds is 0. The molecule has 0 heteroatoms. The first-order valence-electron chi connectivity index (χ1n) is 5.12. The van der Waals surface area contributed by atoms with Crippen LogP contribution in [0.4, 0.5) is 0 Å². The third-order valence-corrected chi connectivity index (χ3v) is 3.01. The van der Waals surface area contributed by atoms with Crippen molar-refractivity contribution in [3.63, 3.8) is 0 Å². The summed E-state index contributed by atoms with van der Waals surface area (Å²) in [6, 6.07) is 4.57. The second-order valence-electron chi connectivity index (χ2n) is 5.15. The summed E-state index contributed by atoms with van der Waals surface area (Å²) in [5, 5.41) is 0. The zero-order chi connectivity index (χ0) is 9.64. The van der Waals surface area contributed by atoms with Crippen molar-refractivity contribution in [1.82, 2.24) is 0 Å². The monoisotopic (exact) mass is 174 g/mol. The molecule has 1 aliphatic carbocycles. The molecule has 0 nitrogen and oxygen atoms in total. The van der Waals surface area contributed by atoms with E-state index >= 15 is 0 Å². The Balaban J connectivity index is 2.62. The van der Waals surface area contributed by atoms with E-state index in [0.29, 0.717) is 5.41 Å². The first kappa shape index (κ1) is 8.80. The van der Waals surface area contributed by atoms with Gasteiger partial charge in [0.25, 0.3) is 0 Å². The summed E-state index contributed by atoms with van der Waals surface area (Å²) < 4.78 is 0. The SMILES string of the molecule is Cc1ccc2c(c1C(C)(C)C)CC2. The van der Waals surface area contributed by atoms with E-state index in [9.17, 15) is 0 Å². The van der Waals surface area contributed by atoms with E-state index in [0.717, 1.165) is 0 Å². The van der Waals surface area contributed by atoms with Gasteiger partial charge in [-0.3, -0.25) is 0 Å². The van der Waals surface area contributed by atoms with Gasteiger partial charge in [0.1, 0.15) is 0 Å². The van der Waals surface area contributed by atoms with Gasteiger partial charge in [-0.15, -0.1) is 0 Å². The van der Waals surface area contributed by atoms with Crippen molar-refractivity contribution in [2.75, 3.05) is 0 Å². The van der Waals surface area contributed by atoms with E-state index in [4.69, 9.17) is 0 Å². The van der Waals surface area contributed by atoms with Gasteiger partial charge < -0.3 is 0 Å². The average Bonchev–Trinajstić information content (AvgIpc) is 1.93. The quantitative estimate of drug-likeness (QED) is 0.565. The van der Waals surface area contributed by atoms with Crippen LogP contribution in [0, 0.1) is 6.92 Å². The molecule has 0 amide bonds. The molecule has 70 valence electrons. The standard InChI is InChI=1S/C13H18/c1-9-5-6-10-7-8-11(10)12(9)13(2,3)4/h5-6H,7-8H2,1-4H3. The van der Waals surface area contributed by atoms with Crippen LogP contribution in [0.2, 0.25) is 0 Å². The highest BCUT2D eigenvalue weighted by Gasteiger charge is 2.25. The molecule has 0 aromatic heterocycles. The number of hydrogen-bond acceptors (Lipinski definition) is 0. The first-order chi connectivity index (χ1) is 6.00. The molecule has 0 fully saturated rings. The topological polar surface area (TPSA) is 0 Å². The van der Waals surface area contributed by atoms with Crippen molar-refractivity contribution in [1.29, 1.82) is 0 Å². The van der Waals surface area contributed by atoms with Crippen LogP contribution in [-0.4, -0.2) is 0 Å². The third-order valence-electron chi connectivity index (χ3n) is 3.01. The van der Waals surface area contributed by atoms with E-state index in [1.807, 2.05) is 0 Å². The van der Waals surface area contributed by atoms with Gasteiger partial charge in [0.2, 0.25) is 0 Å². The Kier molecular flexibility index (Phi) is 1.76. The smallest absolute Gasteiger partial charge is 0.0126 e. The van der Waals surface area contributed by atoms with E-state index in [-0.39, 0.29) is 0 Å². The van der Waals surface area contributed by atoms with Crippen LogP contribution in [0.25, 0.3) is 0 Å². The predicted octanol–water partition coefficient (Wildman–Crippen LogP) is 3.39. The molecule has 1 aliphatic rings. The Morgan fingerprint density at radius 2 is 1.77 bits per heavy atom. The first-order valence-corrected chi connectivity index (χ1v) is 5.12. The third kappa shape index (κ3) is 1.29. The van der Waals surface area contributed by atoms with Gasteiger partial charge in [0.05, 0.1) is 0 Å². The molecule has 1 aromatic rings. The van der Waals surface area contributed by atoms with Crippen molar-refractivity contribution in [3.05, 3.63) is 34.4 Å². The molecular weight excluding hydrogens is 156 g/mol. The summed E-state index contributed by atoms with van der Waals surface area (Å²) in [4.78, 5) is 0. The van der Waals surface area contributed by atoms with Gasteiger partial charge in [0, 0.05) is 0 Å². The van der Waals surface area contributed by atoms with Crippen LogP contribution in [-0.2, 0) is 18.3 Å². The Morgan fingerprint density at radius 3 is 2.15 bits per heavy atom. The lowest BCUT2D eigenvalue weighted by atomic mass is 9.73. The van der Waals surface area contributed by atoms with Crippen LogP contribution in [0.5, 0.6) is 0 Å². The molecule has 1 aromatic carbocycles. The van der Waals surface area contributed by atoms with Crippen LogP contribution in [0.15, 0.2) is 12.1 Å². The van der Waals surface area contributed by atoms with Gasteiger partial charge in [-0.2, -0.15) is 0 Å². The summed E-state index contributed by atoms with van der Waals surface area (Å²) in [7, 11) is 0. The normalized spacial score (nSPS) is 15.1. The highest BCUT2D eigenvalue weighted by molar-refractivity contribution is 5.49. The molecule has 0 spiro atoms. The lowest BCUT2D eigenvalue weighted by Gasteiger charge is -2.31. The number of benzene rings is 1. The number of fused-ring (bicyclic) bond motifs is 1. The van der Waals surface area contributed by atoms with E-state index < -0.39 is 0 Å². The molecule has 0 heterocycles. The van der Waals surface area contributed by atoms with E-state index in [1.165, 1.54) is 18.4 Å². The molecular formula is C13H18. The predicted molar refractivity (Wildman–Crippen MR) is 57.3 cm³/mol. The molecule has 0 radical (unpaired) electrons. The zero-order valence-electron chi connectivity index (χ0n) is 9.07. The zero-order valence-corrected chi connectivity index (χ0v) is 9.07. The van der Waals surface area contributed by atoms with E-state index in [2.05, 4.69) is 39.8 Å². The van der Waals surface area contributed by atoms with Gasteiger partial charge in [-0.25, -0.2) is 0 Å². The second kappa shape index (κ2) is 2.60. The van der Waals surface area contributed by atoms with Crippen LogP contribution in [0.3, 0.4) is 0 Å². The molecule has 0 bridgehead atoms. The lowest BCUT2D eigenvalue weighted by molar-refractivity contribution is 0.568. The maximum Gasteiger partial charge on any atom is -0.0126 e. The van der Waals surface area contributed by atoms with Crippen LogP contribution in [0.1, 0.15) is 43.0 Å². The molecule has 0 atom stereocenters. The largest absolute Gasteiger partial charge is 0.0587 e. The van der Waals surface area contributed by atoms with Crippen molar-refractivity contribution < 1.29 is 0 Å². The highest BCUT2D eigenvalue weighted by atomic mass is 14.3. The molecule has 0 unspecified atom stereocenters. The Hall–Kier alpha value is -0.780. The van der Waals surface area contributed by atoms with Gasteiger partial charge >= 0.3 is 0 Å². The minimum atomic E-state index is 0.315. The summed E-state index contributed by atoms with van der Waals surface area (Å²) in [5.41, 5.74) is 6.58. The summed E-state index contributed by atoms with van der Waals surface area (Å²) in [6.07, 6.45) is 2.59. The van der Waals surface area contributed by atoms with Crippen molar-refractivity contribution in [2.24, 2.45) is 0 Å². The summed E-state index contributed by atoms with van der Waals surface area (Å²) in [6.45, 7) is 9.18. The minimum Gasteiger partial charge on any atom is -0.0587 e. The van der Waals surface area contributed by atoms with Crippen molar-refractivity contribution in [3.8, 4) is 0 Å². The Labute approximate surface area is 81.0 Å². The molecule has 2 rings (SSSR count).